The lowest BCUT2D eigenvalue weighted by molar-refractivity contribution is -0.125. The molecular weight excluding hydrogens is 675 g/mol. The Bertz CT molecular complexity index is 806. The zero-order valence-electron chi connectivity index (χ0n) is 34.2. The van der Waals surface area contributed by atoms with Crippen molar-refractivity contribution in [1.82, 2.24) is 5.32 Å². The van der Waals surface area contributed by atoms with E-state index in [0.717, 1.165) is 38.5 Å². The van der Waals surface area contributed by atoms with Gasteiger partial charge in [-0.3, -0.25) is 13.8 Å². The van der Waals surface area contributed by atoms with Crippen molar-refractivity contribution in [2.45, 2.75) is 244 Å². The van der Waals surface area contributed by atoms with Gasteiger partial charge in [0.05, 0.1) is 37.9 Å². The van der Waals surface area contributed by atoms with E-state index in [1.165, 1.54) is 154 Å². The minimum Gasteiger partial charge on any atom is -0.393 e. The second kappa shape index (κ2) is 38.7. The lowest BCUT2D eigenvalue weighted by atomic mass is 10.0. The summed E-state index contributed by atoms with van der Waals surface area (Å²) < 4.78 is 22.1. The molecule has 0 aliphatic heterocycles. The predicted molar refractivity (Wildman–Crippen MR) is 218 cm³/mol. The molecule has 0 bridgehead atoms. The fourth-order valence-corrected chi connectivity index (χ4v) is 7.65. The van der Waals surface area contributed by atoms with Gasteiger partial charge in [0.15, 0.2) is 0 Å². The minimum absolute atomic E-state index is 0.0626. The van der Waals surface area contributed by atoms with Crippen LogP contribution in [-0.2, 0) is 18.4 Å². The van der Waals surface area contributed by atoms with Gasteiger partial charge in [-0.2, -0.15) is 0 Å². The number of hydrogen-bond acceptors (Lipinski definition) is 7. The molecule has 0 aromatic carbocycles. The van der Waals surface area contributed by atoms with Gasteiger partial charge in [0.25, 0.3) is 0 Å². The van der Waals surface area contributed by atoms with Gasteiger partial charge in [-0.1, -0.05) is 206 Å². The molecule has 0 aliphatic rings. The number of amides is 1. The fourth-order valence-electron chi connectivity index (χ4n) is 6.89. The first-order valence-corrected chi connectivity index (χ1v) is 23.7. The molecule has 4 unspecified atom stereocenters. The molecule has 0 aliphatic carbocycles. The van der Waals surface area contributed by atoms with Gasteiger partial charge in [0, 0.05) is 6.54 Å². The highest BCUT2D eigenvalue weighted by atomic mass is 31.2. The van der Waals surface area contributed by atoms with Crippen LogP contribution in [-0.4, -0.2) is 59.0 Å². The summed E-state index contributed by atoms with van der Waals surface area (Å²) >= 11 is 0. The second-order valence-corrected chi connectivity index (χ2v) is 16.9. The fraction of sp³-hybridized carbons (Fsp3) is 0.976. The first-order valence-electron chi connectivity index (χ1n) is 22.2. The molecule has 6 N–H and O–H groups in total. The molecule has 0 heterocycles. The molecular formula is C42H87N2O7P. The van der Waals surface area contributed by atoms with Crippen molar-refractivity contribution < 1.29 is 33.5 Å². The summed E-state index contributed by atoms with van der Waals surface area (Å²) in [6, 6.07) is -0.890. The van der Waals surface area contributed by atoms with E-state index in [4.69, 9.17) is 14.8 Å². The van der Waals surface area contributed by atoms with Gasteiger partial charge in [0.2, 0.25) is 5.91 Å². The highest BCUT2D eigenvalue weighted by Gasteiger charge is 2.28. The number of aliphatic hydroxyl groups is 2. The largest absolute Gasteiger partial charge is 0.472 e. The summed E-state index contributed by atoms with van der Waals surface area (Å²) in [5, 5.41) is 24.2. The molecule has 9 nitrogen and oxygen atoms in total. The average molecular weight is 763 g/mol. The first-order chi connectivity index (χ1) is 25.3. The van der Waals surface area contributed by atoms with E-state index < -0.39 is 32.0 Å². The number of phosphoric ester groups is 1. The van der Waals surface area contributed by atoms with Crippen molar-refractivity contribution in [2.24, 2.45) is 5.73 Å². The maximum absolute atomic E-state index is 12.8. The van der Waals surface area contributed by atoms with Crippen molar-refractivity contribution in [3.05, 3.63) is 0 Å². The van der Waals surface area contributed by atoms with Crippen LogP contribution in [0.1, 0.15) is 226 Å². The van der Waals surface area contributed by atoms with E-state index >= 15 is 0 Å². The number of rotatable bonds is 42. The summed E-state index contributed by atoms with van der Waals surface area (Å²) in [5.41, 5.74) is 5.37. The number of phosphoric acid groups is 1. The molecule has 0 aromatic heterocycles. The number of hydrogen-bond donors (Lipinski definition) is 5. The molecule has 1 amide bonds. The van der Waals surface area contributed by atoms with Crippen molar-refractivity contribution >= 4 is 13.7 Å². The smallest absolute Gasteiger partial charge is 0.393 e. The number of carbonyl (C=O) groups is 1. The number of nitrogens with two attached hydrogens (primary N) is 1. The molecule has 52 heavy (non-hydrogen) atoms. The zero-order valence-corrected chi connectivity index (χ0v) is 35.1. The van der Waals surface area contributed by atoms with Gasteiger partial charge in [-0.05, 0) is 12.8 Å². The topological polar surface area (TPSA) is 151 Å². The van der Waals surface area contributed by atoms with Gasteiger partial charge in [0.1, 0.15) is 0 Å². The van der Waals surface area contributed by atoms with E-state index in [0.29, 0.717) is 12.8 Å². The summed E-state index contributed by atoms with van der Waals surface area (Å²) in [4.78, 5) is 22.8. The van der Waals surface area contributed by atoms with Crippen molar-refractivity contribution in [1.29, 1.82) is 0 Å². The Morgan fingerprint density at radius 1 is 0.577 bits per heavy atom. The quantitative estimate of drug-likeness (QED) is 0.0304. The molecule has 10 heteroatoms. The highest BCUT2D eigenvalue weighted by molar-refractivity contribution is 7.47. The normalized spacial score (nSPS) is 14.7. The summed E-state index contributed by atoms with van der Waals surface area (Å²) in [6.07, 6.45) is 37.2. The highest BCUT2D eigenvalue weighted by Crippen LogP contribution is 2.43. The van der Waals surface area contributed by atoms with Crippen molar-refractivity contribution in [3.63, 3.8) is 0 Å². The van der Waals surface area contributed by atoms with Crippen LogP contribution in [0.25, 0.3) is 0 Å². The Morgan fingerprint density at radius 3 is 1.29 bits per heavy atom. The lowest BCUT2D eigenvalue weighted by Crippen LogP contribution is -2.47. The van der Waals surface area contributed by atoms with Gasteiger partial charge < -0.3 is 26.2 Å². The molecule has 0 aromatic rings. The second-order valence-electron chi connectivity index (χ2n) is 15.5. The SMILES string of the molecule is CCCCCCCCCCCCCCCCCCCCCC(O)C(COP(=O)(O)OCCN)NC(=O)CC(O)CCCCCCCCCCCCC. The Kier molecular flexibility index (Phi) is 38.3. The maximum Gasteiger partial charge on any atom is 0.472 e. The molecule has 0 saturated heterocycles. The zero-order chi connectivity index (χ0) is 38.4. The monoisotopic (exact) mass is 763 g/mol. The molecule has 0 rings (SSSR count). The van der Waals surface area contributed by atoms with E-state index in [9.17, 15) is 24.5 Å². The Balaban J connectivity index is 4.20. The molecule has 0 fully saturated rings. The van der Waals surface area contributed by atoms with Crippen LogP contribution in [0.4, 0.5) is 0 Å². The molecule has 4 atom stereocenters. The minimum atomic E-state index is -4.37. The first kappa shape index (κ1) is 51.5. The third-order valence-electron chi connectivity index (χ3n) is 10.3. The standard InChI is InChI=1S/C42H87N2O7P/c1-3-5-7-9-11-13-15-16-17-18-19-20-21-22-24-26-28-30-32-34-41(46)40(38-51-52(48,49)50-36-35-43)44-42(47)37-39(45)33-31-29-27-25-23-14-12-10-8-6-4-2/h39-41,45-46H,3-38,43H2,1-2H3,(H,44,47)(H,48,49). The molecule has 0 radical (unpaired) electrons. The van der Waals surface area contributed by atoms with E-state index in [2.05, 4.69) is 19.2 Å². The summed E-state index contributed by atoms with van der Waals surface area (Å²) in [7, 11) is -4.37. The number of unbranched alkanes of at least 4 members (excludes halogenated alkanes) is 28. The number of carbonyl (C=O) groups excluding carboxylic acids is 1. The number of aliphatic hydroxyl groups excluding tert-OH is 2. The van der Waals surface area contributed by atoms with Crippen LogP contribution in [0.15, 0.2) is 0 Å². The Morgan fingerprint density at radius 2 is 0.923 bits per heavy atom. The third-order valence-corrected chi connectivity index (χ3v) is 11.2. The van der Waals surface area contributed by atoms with Crippen molar-refractivity contribution in [2.75, 3.05) is 19.8 Å². The Hall–Kier alpha value is -0.540. The maximum atomic E-state index is 12.8. The van der Waals surface area contributed by atoms with Gasteiger partial charge in [-0.15, -0.1) is 0 Å². The van der Waals surface area contributed by atoms with Crippen LogP contribution in [0.3, 0.4) is 0 Å². The van der Waals surface area contributed by atoms with Gasteiger partial charge >= 0.3 is 7.82 Å². The van der Waals surface area contributed by atoms with Crippen LogP contribution in [0, 0.1) is 0 Å². The summed E-state index contributed by atoms with van der Waals surface area (Å²) in [6.45, 7) is 4.06. The molecule has 312 valence electrons. The number of nitrogens with one attached hydrogen (secondary N) is 1. The summed E-state index contributed by atoms with van der Waals surface area (Å²) in [5.74, 6) is -0.410. The van der Waals surface area contributed by atoms with Crippen molar-refractivity contribution in [3.8, 4) is 0 Å². The van der Waals surface area contributed by atoms with E-state index in [1.54, 1.807) is 0 Å². The van der Waals surface area contributed by atoms with Crippen LogP contribution in [0.2, 0.25) is 0 Å². The van der Waals surface area contributed by atoms with Crippen LogP contribution >= 0.6 is 7.82 Å². The van der Waals surface area contributed by atoms with Crippen LogP contribution in [0.5, 0.6) is 0 Å². The van der Waals surface area contributed by atoms with E-state index in [1.807, 2.05) is 0 Å². The van der Waals surface area contributed by atoms with Gasteiger partial charge in [-0.25, -0.2) is 4.57 Å². The molecule has 0 saturated carbocycles. The van der Waals surface area contributed by atoms with Crippen LogP contribution < -0.4 is 11.1 Å². The Labute approximate surface area is 321 Å². The lowest BCUT2D eigenvalue weighted by Gasteiger charge is -2.25. The molecule has 0 spiro atoms. The predicted octanol–water partition coefficient (Wildman–Crippen LogP) is 11.2. The average Bonchev–Trinajstić information content (AvgIpc) is 3.12. The third kappa shape index (κ3) is 36.4. The van der Waals surface area contributed by atoms with E-state index in [-0.39, 0.29) is 26.2 Å².